The summed E-state index contributed by atoms with van der Waals surface area (Å²) in [5.74, 6) is 1.51. The summed E-state index contributed by atoms with van der Waals surface area (Å²) in [6.45, 7) is 0. The lowest BCUT2D eigenvalue weighted by molar-refractivity contribution is 1.15. The van der Waals surface area contributed by atoms with E-state index in [2.05, 4.69) is 19.7 Å². The SMILES string of the molecule is CNc1ccc(Cl)c(CSc2ncns2)n1. The summed E-state index contributed by atoms with van der Waals surface area (Å²) in [6.07, 6.45) is 1.55. The van der Waals surface area contributed by atoms with Crippen LogP contribution in [-0.4, -0.2) is 21.4 Å². The van der Waals surface area contributed by atoms with Crippen LogP contribution in [0.2, 0.25) is 5.02 Å². The lowest BCUT2D eigenvalue weighted by atomic mass is 10.3. The van der Waals surface area contributed by atoms with Crippen molar-refractivity contribution >= 4 is 40.7 Å². The molecule has 0 unspecified atom stereocenters. The van der Waals surface area contributed by atoms with Crippen LogP contribution in [0.15, 0.2) is 22.8 Å². The molecular weight excluding hydrogens is 264 g/mol. The third-order valence-corrected chi connectivity index (χ3v) is 4.00. The van der Waals surface area contributed by atoms with E-state index in [0.717, 1.165) is 15.9 Å². The van der Waals surface area contributed by atoms with Crippen LogP contribution in [0.25, 0.3) is 0 Å². The maximum absolute atomic E-state index is 6.06. The van der Waals surface area contributed by atoms with Gasteiger partial charge in [0.15, 0.2) is 4.34 Å². The molecule has 0 saturated carbocycles. The molecule has 0 radical (unpaired) electrons. The zero-order chi connectivity index (χ0) is 11.4. The van der Waals surface area contributed by atoms with Gasteiger partial charge in [0.05, 0.1) is 10.7 Å². The van der Waals surface area contributed by atoms with E-state index in [1.165, 1.54) is 11.5 Å². The van der Waals surface area contributed by atoms with Crippen LogP contribution in [-0.2, 0) is 5.75 Å². The summed E-state index contributed by atoms with van der Waals surface area (Å²) in [6, 6.07) is 3.69. The van der Waals surface area contributed by atoms with E-state index in [1.807, 2.05) is 19.2 Å². The van der Waals surface area contributed by atoms with E-state index in [0.29, 0.717) is 10.8 Å². The fraction of sp³-hybridized carbons (Fsp3) is 0.222. The van der Waals surface area contributed by atoms with Gasteiger partial charge in [0.25, 0.3) is 0 Å². The third-order valence-electron chi connectivity index (χ3n) is 1.85. The van der Waals surface area contributed by atoms with E-state index < -0.39 is 0 Å². The minimum atomic E-state index is 0.677. The second kappa shape index (κ2) is 5.47. The molecule has 2 aromatic heterocycles. The van der Waals surface area contributed by atoms with Crippen LogP contribution >= 0.6 is 34.9 Å². The first-order chi connectivity index (χ1) is 7.79. The maximum atomic E-state index is 6.06. The highest BCUT2D eigenvalue weighted by atomic mass is 35.5. The Balaban J connectivity index is 2.08. The molecule has 0 aliphatic heterocycles. The van der Waals surface area contributed by atoms with Crippen LogP contribution in [0, 0.1) is 0 Å². The normalized spacial score (nSPS) is 10.4. The van der Waals surface area contributed by atoms with Gasteiger partial charge < -0.3 is 5.32 Å². The van der Waals surface area contributed by atoms with Gasteiger partial charge in [0.2, 0.25) is 0 Å². The predicted octanol–water partition coefficient (Wildman–Crippen LogP) is 2.92. The summed E-state index contributed by atoms with van der Waals surface area (Å²) in [7, 11) is 1.83. The van der Waals surface area contributed by atoms with Gasteiger partial charge in [0, 0.05) is 12.8 Å². The van der Waals surface area contributed by atoms with Crippen molar-refractivity contribution in [2.75, 3.05) is 12.4 Å². The molecule has 0 aromatic carbocycles. The quantitative estimate of drug-likeness (QED) is 0.868. The fourth-order valence-electron chi connectivity index (χ4n) is 1.08. The van der Waals surface area contributed by atoms with E-state index in [-0.39, 0.29) is 0 Å². The summed E-state index contributed by atoms with van der Waals surface area (Å²) in [5, 5.41) is 3.66. The van der Waals surface area contributed by atoms with Gasteiger partial charge in [-0.3, -0.25) is 0 Å². The Labute approximate surface area is 107 Å². The van der Waals surface area contributed by atoms with E-state index >= 15 is 0 Å². The van der Waals surface area contributed by atoms with Crippen molar-refractivity contribution in [2.24, 2.45) is 0 Å². The third kappa shape index (κ3) is 2.84. The standard InChI is InChI=1S/C9H9ClN4S2/c1-11-8-3-2-6(10)7(14-8)4-15-9-12-5-13-16-9/h2-3,5H,4H2,1H3,(H,11,14). The average Bonchev–Trinajstić information content (AvgIpc) is 2.81. The van der Waals surface area contributed by atoms with E-state index in [4.69, 9.17) is 11.6 Å². The largest absolute Gasteiger partial charge is 0.373 e. The van der Waals surface area contributed by atoms with Crippen LogP contribution in [0.4, 0.5) is 5.82 Å². The van der Waals surface area contributed by atoms with Gasteiger partial charge in [-0.05, 0) is 23.7 Å². The second-order valence-corrected chi connectivity index (χ2v) is 5.28. The van der Waals surface area contributed by atoms with Crippen molar-refractivity contribution in [1.29, 1.82) is 0 Å². The Kier molecular flexibility index (Phi) is 3.98. The molecular formula is C9H9ClN4S2. The number of halogens is 1. The highest BCUT2D eigenvalue weighted by molar-refractivity contribution is 8.00. The monoisotopic (exact) mass is 272 g/mol. The van der Waals surface area contributed by atoms with Crippen LogP contribution in [0.3, 0.4) is 0 Å². The molecule has 0 aliphatic carbocycles. The van der Waals surface area contributed by atoms with Gasteiger partial charge in [-0.2, -0.15) is 4.37 Å². The maximum Gasteiger partial charge on any atom is 0.170 e. The highest BCUT2D eigenvalue weighted by Crippen LogP contribution is 2.26. The lowest BCUT2D eigenvalue weighted by Gasteiger charge is -2.04. The summed E-state index contributed by atoms with van der Waals surface area (Å²) >= 11 is 9.01. The minimum Gasteiger partial charge on any atom is -0.373 e. The Morgan fingerprint density at radius 1 is 1.50 bits per heavy atom. The molecule has 16 heavy (non-hydrogen) atoms. The summed E-state index contributed by atoms with van der Waals surface area (Å²) < 4.78 is 4.86. The van der Waals surface area contributed by atoms with Crippen LogP contribution in [0.1, 0.15) is 5.69 Å². The highest BCUT2D eigenvalue weighted by Gasteiger charge is 2.06. The first kappa shape index (κ1) is 11.6. The molecule has 1 N–H and O–H groups in total. The Morgan fingerprint density at radius 3 is 3.06 bits per heavy atom. The minimum absolute atomic E-state index is 0.677. The summed E-state index contributed by atoms with van der Waals surface area (Å²) in [4.78, 5) is 8.47. The zero-order valence-corrected chi connectivity index (χ0v) is 10.9. The van der Waals surface area contributed by atoms with Crippen molar-refractivity contribution < 1.29 is 0 Å². The molecule has 2 rings (SSSR count). The topological polar surface area (TPSA) is 50.7 Å². The van der Waals surface area contributed by atoms with Crippen molar-refractivity contribution in [1.82, 2.24) is 14.3 Å². The molecule has 0 atom stereocenters. The molecule has 84 valence electrons. The van der Waals surface area contributed by atoms with Gasteiger partial charge in [-0.25, -0.2) is 9.97 Å². The fourth-order valence-corrected chi connectivity index (χ4v) is 2.73. The van der Waals surface area contributed by atoms with Crippen molar-refractivity contribution in [2.45, 2.75) is 10.1 Å². The zero-order valence-electron chi connectivity index (χ0n) is 8.48. The van der Waals surface area contributed by atoms with Gasteiger partial charge in [0.1, 0.15) is 12.1 Å². The number of thioether (sulfide) groups is 1. The van der Waals surface area contributed by atoms with Gasteiger partial charge >= 0.3 is 0 Å². The van der Waals surface area contributed by atoms with Crippen molar-refractivity contribution in [3.8, 4) is 0 Å². The molecule has 0 spiro atoms. The van der Waals surface area contributed by atoms with Crippen molar-refractivity contribution in [3.63, 3.8) is 0 Å². The van der Waals surface area contributed by atoms with E-state index in [9.17, 15) is 0 Å². The number of nitrogens with one attached hydrogen (secondary N) is 1. The van der Waals surface area contributed by atoms with Crippen LogP contribution < -0.4 is 5.32 Å². The molecule has 0 bridgehead atoms. The molecule has 2 aromatic rings. The molecule has 0 fully saturated rings. The van der Waals surface area contributed by atoms with Crippen LogP contribution in [0.5, 0.6) is 0 Å². The van der Waals surface area contributed by atoms with Gasteiger partial charge in [-0.15, -0.1) is 0 Å². The molecule has 7 heteroatoms. The first-order valence-electron chi connectivity index (χ1n) is 4.52. The smallest absolute Gasteiger partial charge is 0.170 e. The molecule has 2 heterocycles. The van der Waals surface area contributed by atoms with Crippen molar-refractivity contribution in [3.05, 3.63) is 29.2 Å². The summed E-state index contributed by atoms with van der Waals surface area (Å²) in [5.41, 5.74) is 0.855. The number of hydrogen-bond donors (Lipinski definition) is 1. The number of nitrogens with zero attached hydrogens (tertiary/aromatic N) is 3. The molecule has 0 saturated heterocycles. The second-order valence-electron chi connectivity index (χ2n) is 2.87. The lowest BCUT2D eigenvalue weighted by Crippen LogP contribution is -1.96. The first-order valence-corrected chi connectivity index (χ1v) is 6.66. The van der Waals surface area contributed by atoms with E-state index in [1.54, 1.807) is 18.1 Å². The Morgan fingerprint density at radius 2 is 2.38 bits per heavy atom. The molecule has 0 amide bonds. The number of aromatic nitrogens is 3. The van der Waals surface area contributed by atoms with Gasteiger partial charge in [-0.1, -0.05) is 23.4 Å². The number of hydrogen-bond acceptors (Lipinski definition) is 6. The number of anilines is 1. The average molecular weight is 273 g/mol. The number of rotatable bonds is 4. The Bertz CT molecular complexity index is 461. The Hall–Kier alpha value is -0.850. The predicted molar refractivity (Wildman–Crippen MR) is 68.3 cm³/mol. The molecule has 4 nitrogen and oxygen atoms in total. The molecule has 0 aliphatic rings. The number of pyridine rings is 1.